The van der Waals surface area contributed by atoms with E-state index in [0.717, 1.165) is 17.0 Å². The van der Waals surface area contributed by atoms with E-state index in [4.69, 9.17) is 11.6 Å². The van der Waals surface area contributed by atoms with Crippen molar-refractivity contribution in [2.24, 2.45) is 0 Å². The Kier molecular flexibility index (Phi) is 7.73. The van der Waals surface area contributed by atoms with Crippen LogP contribution in [0.3, 0.4) is 0 Å². The highest BCUT2D eigenvalue weighted by Crippen LogP contribution is 2.38. The second-order valence-electron chi connectivity index (χ2n) is 9.37. The summed E-state index contributed by atoms with van der Waals surface area (Å²) in [6, 6.07) is 2.79. The van der Waals surface area contributed by atoms with E-state index in [1.54, 1.807) is 13.0 Å². The number of nitrogens with one attached hydrogen (secondary N) is 3. The van der Waals surface area contributed by atoms with E-state index >= 15 is 0 Å². The number of thiophene rings is 1. The summed E-state index contributed by atoms with van der Waals surface area (Å²) in [5.74, 6) is -3.30. The van der Waals surface area contributed by atoms with Crippen LogP contribution in [0.25, 0.3) is 0 Å². The Hall–Kier alpha value is -2.76. The van der Waals surface area contributed by atoms with Gasteiger partial charge in [-0.3, -0.25) is 9.59 Å². The van der Waals surface area contributed by atoms with Crippen LogP contribution in [-0.4, -0.2) is 53.1 Å². The van der Waals surface area contributed by atoms with E-state index in [1.165, 1.54) is 16.2 Å². The number of carbonyl (C=O) groups is 3. The van der Waals surface area contributed by atoms with E-state index in [0.29, 0.717) is 0 Å². The molecule has 3 rings (SSSR count). The summed E-state index contributed by atoms with van der Waals surface area (Å²) in [4.78, 5) is 41.4. The number of hydrogen-bond acceptors (Lipinski definition) is 5. The largest absolute Gasteiger partial charge is 0.396 e. The molecule has 2 aromatic rings. The van der Waals surface area contributed by atoms with Crippen LogP contribution < -0.4 is 16.0 Å². The molecule has 1 aliphatic rings. The van der Waals surface area contributed by atoms with E-state index < -0.39 is 34.1 Å². The molecular weight excluding hydrogens is 502 g/mol. The van der Waals surface area contributed by atoms with Crippen molar-refractivity contribution < 1.29 is 28.3 Å². The number of nitrogens with zero attached hydrogens (tertiary/aromatic N) is 1. The van der Waals surface area contributed by atoms with Gasteiger partial charge in [0.25, 0.3) is 5.91 Å². The zero-order chi connectivity index (χ0) is 26.1. The van der Waals surface area contributed by atoms with Crippen molar-refractivity contribution in [3.8, 4) is 0 Å². The molecule has 35 heavy (non-hydrogen) atoms. The highest BCUT2D eigenvalue weighted by Gasteiger charge is 2.45. The molecule has 0 saturated carbocycles. The van der Waals surface area contributed by atoms with E-state index in [1.807, 2.05) is 20.8 Å². The maximum absolute atomic E-state index is 13.8. The number of anilines is 2. The van der Waals surface area contributed by atoms with Crippen LogP contribution in [0.4, 0.5) is 25.0 Å². The van der Waals surface area contributed by atoms with Gasteiger partial charge in [0.15, 0.2) is 11.6 Å². The number of urea groups is 1. The molecule has 4 amide bonds. The van der Waals surface area contributed by atoms with Gasteiger partial charge in [-0.05, 0) is 30.5 Å². The number of hydrogen-bond donors (Lipinski definition) is 4. The predicted octanol–water partition coefficient (Wildman–Crippen LogP) is 4.33. The maximum atomic E-state index is 13.8. The molecule has 1 saturated heterocycles. The first-order chi connectivity index (χ1) is 16.3. The molecule has 0 spiro atoms. The van der Waals surface area contributed by atoms with Crippen LogP contribution in [0, 0.1) is 11.6 Å². The minimum atomic E-state index is -1.29. The van der Waals surface area contributed by atoms with E-state index in [9.17, 15) is 28.3 Å². The Bertz CT molecular complexity index is 1170. The Morgan fingerprint density at radius 3 is 2.54 bits per heavy atom. The number of aliphatic hydroxyl groups excluding tert-OH is 1. The highest BCUT2D eigenvalue weighted by atomic mass is 35.5. The third-order valence-corrected chi connectivity index (χ3v) is 7.67. The summed E-state index contributed by atoms with van der Waals surface area (Å²) in [6.45, 7) is 7.60. The van der Waals surface area contributed by atoms with Crippen molar-refractivity contribution in [2.75, 3.05) is 30.3 Å². The molecule has 0 radical (unpaired) electrons. The number of rotatable bonds is 5. The molecule has 1 aliphatic heterocycles. The smallest absolute Gasteiger partial charge is 0.323 e. The molecule has 1 unspecified atom stereocenters. The topological polar surface area (TPSA) is 111 Å². The van der Waals surface area contributed by atoms with Crippen molar-refractivity contribution in [2.45, 2.75) is 45.1 Å². The Morgan fingerprint density at radius 1 is 1.26 bits per heavy atom. The fraction of sp³-hybridized carbons (Fsp3) is 0.435. The number of benzene rings is 1. The van der Waals surface area contributed by atoms with Crippen LogP contribution in [0.2, 0.25) is 5.02 Å². The van der Waals surface area contributed by atoms with E-state index in [-0.39, 0.29) is 53.7 Å². The Labute approximate surface area is 210 Å². The van der Waals surface area contributed by atoms with Gasteiger partial charge < -0.3 is 26.0 Å². The number of halogens is 3. The van der Waals surface area contributed by atoms with Crippen LogP contribution in [0.5, 0.6) is 0 Å². The molecule has 1 aromatic heterocycles. The first-order valence-corrected chi connectivity index (χ1v) is 12.1. The molecule has 12 heteroatoms. The maximum Gasteiger partial charge on any atom is 0.323 e. The summed E-state index contributed by atoms with van der Waals surface area (Å²) in [7, 11) is 0. The molecule has 0 aliphatic carbocycles. The molecule has 1 aromatic carbocycles. The van der Waals surface area contributed by atoms with Crippen molar-refractivity contribution in [1.82, 2.24) is 10.2 Å². The molecular formula is C23H27ClF2N4O4S. The lowest BCUT2D eigenvalue weighted by Crippen LogP contribution is -2.65. The minimum absolute atomic E-state index is 0.0416. The molecule has 0 bridgehead atoms. The van der Waals surface area contributed by atoms with Gasteiger partial charge in [0.1, 0.15) is 15.4 Å². The van der Waals surface area contributed by atoms with Gasteiger partial charge in [0.2, 0.25) is 5.91 Å². The van der Waals surface area contributed by atoms with Crippen molar-refractivity contribution in [3.63, 3.8) is 0 Å². The molecule has 190 valence electrons. The Balaban J connectivity index is 1.95. The van der Waals surface area contributed by atoms with Crippen molar-refractivity contribution in [3.05, 3.63) is 44.6 Å². The molecule has 2 heterocycles. The first-order valence-electron chi connectivity index (χ1n) is 10.9. The lowest BCUT2D eigenvalue weighted by atomic mass is 9.92. The fourth-order valence-electron chi connectivity index (χ4n) is 3.67. The summed E-state index contributed by atoms with van der Waals surface area (Å²) in [5, 5.41) is 16.6. The average Bonchev–Trinajstić information content (AvgIpc) is 3.20. The van der Waals surface area contributed by atoms with Crippen molar-refractivity contribution in [1.29, 1.82) is 0 Å². The third kappa shape index (κ3) is 5.41. The van der Waals surface area contributed by atoms with Gasteiger partial charge in [0.05, 0.1) is 11.4 Å². The van der Waals surface area contributed by atoms with Crippen molar-refractivity contribution >= 4 is 52.2 Å². The SMILES string of the molecule is CC(C)(C)c1cc(NC(=O)Nc2ccc(F)c(F)c2Cl)c(C(=O)N2CCNC(=O)C2(C)CCO)s1. The second kappa shape index (κ2) is 10.1. The van der Waals surface area contributed by atoms with Crippen LogP contribution in [-0.2, 0) is 10.2 Å². The van der Waals surface area contributed by atoms with E-state index in [2.05, 4.69) is 16.0 Å². The van der Waals surface area contributed by atoms with Gasteiger partial charge in [-0.1, -0.05) is 32.4 Å². The second-order valence-corrected chi connectivity index (χ2v) is 10.8. The van der Waals surface area contributed by atoms with Crippen LogP contribution in [0.15, 0.2) is 18.2 Å². The summed E-state index contributed by atoms with van der Waals surface area (Å²) in [6.07, 6.45) is 0.0416. The predicted molar refractivity (Wildman–Crippen MR) is 131 cm³/mol. The Morgan fingerprint density at radius 2 is 1.91 bits per heavy atom. The summed E-state index contributed by atoms with van der Waals surface area (Å²) in [5.41, 5.74) is -1.58. The van der Waals surface area contributed by atoms with Gasteiger partial charge in [-0.2, -0.15) is 0 Å². The van der Waals surface area contributed by atoms with Gasteiger partial charge in [0, 0.05) is 31.0 Å². The summed E-state index contributed by atoms with van der Waals surface area (Å²) < 4.78 is 27.1. The number of amides is 4. The molecule has 1 fully saturated rings. The zero-order valence-corrected chi connectivity index (χ0v) is 21.3. The minimum Gasteiger partial charge on any atom is -0.396 e. The van der Waals surface area contributed by atoms with Gasteiger partial charge in [-0.15, -0.1) is 11.3 Å². The lowest BCUT2D eigenvalue weighted by molar-refractivity contribution is -0.135. The average molecular weight is 529 g/mol. The zero-order valence-electron chi connectivity index (χ0n) is 19.7. The summed E-state index contributed by atoms with van der Waals surface area (Å²) >= 11 is 6.97. The van der Waals surface area contributed by atoms with Crippen LogP contribution in [0.1, 0.15) is 48.7 Å². The molecule has 1 atom stereocenters. The fourth-order valence-corrected chi connectivity index (χ4v) is 4.99. The quantitative estimate of drug-likeness (QED) is 0.433. The molecule has 8 nitrogen and oxygen atoms in total. The van der Waals surface area contributed by atoms with Gasteiger partial charge >= 0.3 is 6.03 Å². The normalized spacial score (nSPS) is 18.3. The number of carbonyl (C=O) groups excluding carboxylic acids is 3. The highest BCUT2D eigenvalue weighted by molar-refractivity contribution is 7.14. The first kappa shape index (κ1) is 26.8. The standard InChI is InChI=1S/C23H27ClF2N4O4S/c1-22(2,3)15-11-14(29-21(34)28-13-6-5-12(25)17(26)16(13)24)18(35-15)19(32)30-9-8-27-20(33)23(30,4)7-10-31/h5-6,11,31H,7-10H2,1-4H3,(H,27,33)(H2,28,29,34). The number of aliphatic hydroxyl groups is 1. The lowest BCUT2D eigenvalue weighted by Gasteiger charge is -2.43. The monoisotopic (exact) mass is 528 g/mol. The molecule has 4 N–H and O–H groups in total. The third-order valence-electron chi connectivity index (χ3n) is 5.75. The van der Waals surface area contributed by atoms with Gasteiger partial charge in [-0.25, -0.2) is 13.6 Å². The number of piperazine rings is 1. The van der Waals surface area contributed by atoms with Crippen LogP contribution >= 0.6 is 22.9 Å².